The quantitative estimate of drug-likeness (QED) is 0.196. The van der Waals surface area contributed by atoms with Gasteiger partial charge in [0.05, 0.1) is 22.4 Å². The normalized spacial score (nSPS) is 18.3. The fourth-order valence-electron chi connectivity index (χ4n) is 8.56. The van der Waals surface area contributed by atoms with E-state index in [0.717, 1.165) is 58.4 Å². The largest absolute Gasteiger partial charge is 0.453 e. The van der Waals surface area contributed by atoms with Gasteiger partial charge in [-0.05, 0) is 121 Å². The third-order valence-corrected chi connectivity index (χ3v) is 11.3. The minimum atomic E-state index is -0.867. The van der Waals surface area contributed by atoms with Gasteiger partial charge in [0, 0.05) is 40.0 Å². The van der Waals surface area contributed by atoms with Crippen LogP contribution in [0.4, 0.5) is 17.1 Å². The van der Waals surface area contributed by atoms with Crippen LogP contribution in [0, 0.1) is 0 Å². The Balaban J connectivity index is 1.01. The zero-order valence-electron chi connectivity index (χ0n) is 31.2. The number of rotatable bonds is 4. The molecule has 0 amide bonds. The number of aliphatic hydroxyl groups is 1. The first-order chi connectivity index (χ1) is 27.6. The third-order valence-electron chi connectivity index (χ3n) is 11.3. The molecule has 0 spiro atoms. The summed E-state index contributed by atoms with van der Waals surface area (Å²) in [6.45, 7) is 2.19. The van der Waals surface area contributed by atoms with Crippen molar-refractivity contribution >= 4 is 44.4 Å². The minimum absolute atomic E-state index is 0.711. The minimum Gasteiger partial charge on any atom is -0.453 e. The topological polar surface area (TPSA) is 40.9 Å². The van der Waals surface area contributed by atoms with Crippen LogP contribution in [0.5, 0.6) is 11.5 Å². The maximum absolute atomic E-state index is 12.0. The molecule has 1 aliphatic carbocycles. The number of aromatic nitrogens is 1. The lowest BCUT2D eigenvalue weighted by Crippen LogP contribution is -2.34. The Morgan fingerprint density at radius 2 is 1.30 bits per heavy atom. The molecule has 2 aliphatic heterocycles. The monoisotopic (exact) mass is 727 g/mol. The average molecular weight is 728 g/mol. The van der Waals surface area contributed by atoms with Crippen LogP contribution in [-0.4, -0.2) is 15.9 Å². The number of nitrogens with zero attached hydrogens (tertiary/aromatic N) is 3. The molecule has 56 heavy (non-hydrogen) atoms. The van der Waals surface area contributed by atoms with E-state index in [1.54, 1.807) is 0 Å². The van der Waals surface area contributed by atoms with Gasteiger partial charge in [-0.25, -0.2) is 0 Å². The lowest BCUT2D eigenvalue weighted by Gasteiger charge is -2.36. The second kappa shape index (κ2) is 14.1. The van der Waals surface area contributed by atoms with Crippen molar-refractivity contribution in [3.05, 3.63) is 210 Å². The highest BCUT2D eigenvalue weighted by atomic mass is 16.5. The molecule has 10 rings (SSSR count). The molecular weight excluding hydrogens is 687 g/mol. The third kappa shape index (κ3) is 5.85. The summed E-state index contributed by atoms with van der Waals surface area (Å²) < 4.78 is 8.65. The number of para-hydroxylation sites is 7. The Kier molecular flexibility index (Phi) is 8.50. The summed E-state index contributed by atoms with van der Waals surface area (Å²) >= 11 is 0. The summed E-state index contributed by atoms with van der Waals surface area (Å²) in [5, 5.41) is 14.4. The summed E-state index contributed by atoms with van der Waals surface area (Å²) in [5.74, 6) is 1.70. The van der Waals surface area contributed by atoms with Crippen LogP contribution < -0.4 is 14.5 Å². The first kappa shape index (κ1) is 33.7. The number of hydrogen-bond donors (Lipinski definition) is 1. The van der Waals surface area contributed by atoms with Crippen molar-refractivity contribution in [2.24, 2.45) is 0 Å². The van der Waals surface area contributed by atoms with Crippen LogP contribution in [0.3, 0.4) is 0 Å². The van der Waals surface area contributed by atoms with Crippen LogP contribution in [0.25, 0.3) is 33.1 Å². The summed E-state index contributed by atoms with van der Waals surface area (Å²) in [5.41, 5.74) is 13.5. The molecule has 3 aliphatic rings. The summed E-state index contributed by atoms with van der Waals surface area (Å²) in [6.07, 6.45) is 14.1. The molecule has 3 heterocycles. The van der Waals surface area contributed by atoms with Crippen LogP contribution >= 0.6 is 0 Å². The first-order valence-corrected chi connectivity index (χ1v) is 19.4. The van der Waals surface area contributed by atoms with Crippen molar-refractivity contribution < 1.29 is 9.84 Å². The van der Waals surface area contributed by atoms with E-state index in [1.165, 1.54) is 44.2 Å². The Hall–Kier alpha value is -6.82. The van der Waals surface area contributed by atoms with E-state index in [9.17, 15) is 5.11 Å². The van der Waals surface area contributed by atoms with E-state index in [-0.39, 0.29) is 0 Å². The van der Waals surface area contributed by atoms with E-state index >= 15 is 0 Å². The van der Waals surface area contributed by atoms with Gasteiger partial charge < -0.3 is 24.2 Å². The predicted molar refractivity (Wildman–Crippen MR) is 231 cm³/mol. The van der Waals surface area contributed by atoms with E-state index < -0.39 is 6.23 Å². The van der Waals surface area contributed by atoms with Crippen LogP contribution in [0.1, 0.15) is 30.9 Å². The number of fused-ring (bicyclic) bond motifs is 6. The van der Waals surface area contributed by atoms with Crippen LogP contribution in [0.15, 0.2) is 199 Å². The molecule has 5 heteroatoms. The first-order valence-electron chi connectivity index (χ1n) is 19.4. The zero-order valence-corrected chi connectivity index (χ0v) is 31.2. The molecule has 0 bridgehead atoms. The highest BCUT2D eigenvalue weighted by molar-refractivity contribution is 6.10. The van der Waals surface area contributed by atoms with Crippen molar-refractivity contribution in [1.82, 2.24) is 4.57 Å². The number of allylic oxidation sites excluding steroid dienone is 8. The Labute approximate surface area is 327 Å². The van der Waals surface area contributed by atoms with E-state index in [0.29, 0.717) is 6.42 Å². The molecule has 0 fully saturated rings. The van der Waals surface area contributed by atoms with Gasteiger partial charge in [0.1, 0.15) is 0 Å². The van der Waals surface area contributed by atoms with E-state index in [1.807, 2.05) is 36.4 Å². The molecule has 1 unspecified atom stereocenters. The van der Waals surface area contributed by atoms with Crippen molar-refractivity contribution in [2.75, 3.05) is 9.80 Å². The van der Waals surface area contributed by atoms with Gasteiger partial charge in [-0.2, -0.15) is 0 Å². The average Bonchev–Trinajstić information content (AvgIpc) is 3.59. The molecule has 7 aromatic rings. The van der Waals surface area contributed by atoms with Crippen LogP contribution in [-0.2, 0) is 6.42 Å². The fourth-order valence-corrected chi connectivity index (χ4v) is 8.56. The molecule has 0 saturated heterocycles. The molecule has 272 valence electrons. The number of ether oxygens (including phenoxy) is 1. The number of hydrogen-bond acceptors (Lipinski definition) is 4. The Morgan fingerprint density at radius 3 is 2.11 bits per heavy atom. The highest BCUT2D eigenvalue weighted by Gasteiger charge is 2.28. The SMILES string of the molecule is CC1=C(N2c3ccccc3C/C(c3ccc4c(c3)c3ccccc3n4-c3ccccc3)=C\C=C/C2O)C=CC=C(N2c3ccccc3Oc3ccccc32)CC1. The summed E-state index contributed by atoms with van der Waals surface area (Å²) in [6, 6.07) is 51.0. The maximum Gasteiger partial charge on any atom is 0.151 e. The van der Waals surface area contributed by atoms with Crippen molar-refractivity contribution in [3.8, 4) is 17.2 Å². The number of aliphatic hydroxyl groups excluding tert-OH is 1. The molecular formula is C51H41N3O2. The van der Waals surface area contributed by atoms with E-state index in [2.05, 4.69) is 167 Å². The standard InChI is InChI=1S/C51H41N3O2/c1-35-29-31-40(53-47-23-9-11-26-49(47)56-50-27-12-10-24-48(50)53)19-14-25-43(35)54-44-21-7-5-15-38(44)33-36(16-13-28-51(54)55)37-30-32-46-42(34-37)41-20-6-8-22-45(41)52(46)39-17-3-2-4-18-39/h2-28,30,32,34,51,55H,29,31,33H2,1H3/b25-14?,28-13-,36-16+,40-19?,43-35?. The number of benzene rings is 6. The van der Waals surface area contributed by atoms with E-state index in [4.69, 9.17) is 4.74 Å². The van der Waals surface area contributed by atoms with Gasteiger partial charge in [-0.15, -0.1) is 0 Å². The molecule has 1 N–H and O–H groups in total. The van der Waals surface area contributed by atoms with Gasteiger partial charge in [-0.3, -0.25) is 0 Å². The van der Waals surface area contributed by atoms with Crippen molar-refractivity contribution in [1.29, 1.82) is 0 Å². The summed E-state index contributed by atoms with van der Waals surface area (Å²) in [4.78, 5) is 4.43. The molecule has 5 nitrogen and oxygen atoms in total. The second-order valence-electron chi connectivity index (χ2n) is 14.6. The maximum atomic E-state index is 12.0. The smallest absolute Gasteiger partial charge is 0.151 e. The molecule has 0 saturated carbocycles. The Bertz CT molecular complexity index is 2760. The molecule has 6 aromatic carbocycles. The highest BCUT2D eigenvalue weighted by Crippen LogP contribution is 2.49. The summed E-state index contributed by atoms with van der Waals surface area (Å²) in [7, 11) is 0. The lowest BCUT2D eigenvalue weighted by atomic mass is 9.95. The predicted octanol–water partition coefficient (Wildman–Crippen LogP) is 12.6. The molecule has 1 aromatic heterocycles. The number of anilines is 3. The van der Waals surface area contributed by atoms with Crippen molar-refractivity contribution in [3.63, 3.8) is 0 Å². The fraction of sp³-hybridized carbons (Fsp3) is 0.0980. The molecule has 1 atom stereocenters. The van der Waals surface area contributed by atoms with Gasteiger partial charge in [-0.1, -0.05) is 103 Å². The lowest BCUT2D eigenvalue weighted by molar-refractivity contribution is 0.225. The van der Waals surface area contributed by atoms with Gasteiger partial charge in [0.2, 0.25) is 0 Å². The van der Waals surface area contributed by atoms with Gasteiger partial charge >= 0.3 is 0 Å². The Morgan fingerprint density at radius 1 is 0.625 bits per heavy atom. The zero-order chi connectivity index (χ0) is 37.6. The molecule has 0 radical (unpaired) electrons. The van der Waals surface area contributed by atoms with Crippen LogP contribution in [0.2, 0.25) is 0 Å². The van der Waals surface area contributed by atoms with Gasteiger partial charge in [0.25, 0.3) is 0 Å². The van der Waals surface area contributed by atoms with Gasteiger partial charge in [0.15, 0.2) is 17.7 Å². The second-order valence-corrected chi connectivity index (χ2v) is 14.6. The van der Waals surface area contributed by atoms with Crippen molar-refractivity contribution in [2.45, 2.75) is 32.4 Å².